The number of rotatable bonds is 8. The summed E-state index contributed by atoms with van der Waals surface area (Å²) >= 11 is 0. The van der Waals surface area contributed by atoms with E-state index in [2.05, 4.69) is 23.9 Å². The summed E-state index contributed by atoms with van der Waals surface area (Å²) < 4.78 is 2.24. The summed E-state index contributed by atoms with van der Waals surface area (Å²) in [4.78, 5) is 11.8. The van der Waals surface area contributed by atoms with E-state index in [1.54, 1.807) is 0 Å². The Bertz CT molecular complexity index is 405. The molecule has 1 heterocycles. The molecule has 0 aromatic carbocycles. The highest BCUT2D eigenvalue weighted by atomic mass is 16.1. The Morgan fingerprint density at radius 3 is 2.47 bits per heavy atom. The first kappa shape index (κ1) is 14.4. The van der Waals surface area contributed by atoms with Crippen molar-refractivity contribution in [2.75, 3.05) is 0 Å². The SMILES string of the molecule is CCCCCCCCCn1cc2c(c1)C(=O)CCC2. The lowest BCUT2D eigenvalue weighted by molar-refractivity contribution is 0.0973. The Hall–Kier alpha value is -1.05. The average Bonchev–Trinajstić information content (AvgIpc) is 2.82. The van der Waals surface area contributed by atoms with Crippen molar-refractivity contribution in [3.05, 3.63) is 23.5 Å². The number of fused-ring (bicyclic) bond motifs is 1. The zero-order valence-corrected chi connectivity index (χ0v) is 12.3. The van der Waals surface area contributed by atoms with Crippen LogP contribution in [0.1, 0.15) is 80.6 Å². The highest BCUT2D eigenvalue weighted by Crippen LogP contribution is 2.22. The van der Waals surface area contributed by atoms with Crippen LogP contribution in [0.25, 0.3) is 0 Å². The first-order chi connectivity index (χ1) is 9.31. The molecule has 1 aliphatic carbocycles. The van der Waals surface area contributed by atoms with Crippen LogP contribution in [0.2, 0.25) is 0 Å². The van der Waals surface area contributed by atoms with Crippen molar-refractivity contribution < 1.29 is 4.79 Å². The third-order valence-corrected chi connectivity index (χ3v) is 4.13. The van der Waals surface area contributed by atoms with E-state index in [1.807, 2.05) is 0 Å². The van der Waals surface area contributed by atoms with Crippen molar-refractivity contribution in [3.8, 4) is 0 Å². The maximum Gasteiger partial charge on any atom is 0.164 e. The van der Waals surface area contributed by atoms with Crippen LogP contribution in [0, 0.1) is 0 Å². The molecular weight excluding hydrogens is 234 g/mol. The number of ketones is 1. The lowest BCUT2D eigenvalue weighted by atomic mass is 9.95. The van der Waals surface area contributed by atoms with Gasteiger partial charge in [-0.1, -0.05) is 45.4 Å². The van der Waals surface area contributed by atoms with Gasteiger partial charge in [-0.15, -0.1) is 0 Å². The second-order valence-electron chi connectivity index (χ2n) is 5.83. The van der Waals surface area contributed by atoms with Gasteiger partial charge in [0.1, 0.15) is 0 Å². The molecule has 0 bridgehead atoms. The van der Waals surface area contributed by atoms with Crippen LogP contribution >= 0.6 is 0 Å². The number of aromatic nitrogens is 1. The van der Waals surface area contributed by atoms with Gasteiger partial charge in [-0.3, -0.25) is 4.79 Å². The highest BCUT2D eigenvalue weighted by molar-refractivity contribution is 5.98. The maximum atomic E-state index is 11.8. The van der Waals surface area contributed by atoms with Crippen LogP contribution in [0.4, 0.5) is 0 Å². The molecule has 0 saturated heterocycles. The molecule has 0 fully saturated rings. The Balaban J connectivity index is 1.68. The number of carbonyl (C=O) groups excluding carboxylic acids is 1. The number of hydrogen-bond donors (Lipinski definition) is 0. The fourth-order valence-corrected chi connectivity index (χ4v) is 2.96. The van der Waals surface area contributed by atoms with Crippen molar-refractivity contribution in [1.29, 1.82) is 0 Å². The van der Waals surface area contributed by atoms with E-state index in [9.17, 15) is 4.79 Å². The van der Waals surface area contributed by atoms with Crippen LogP contribution in [-0.2, 0) is 13.0 Å². The molecule has 0 atom stereocenters. The van der Waals surface area contributed by atoms with Crippen molar-refractivity contribution in [2.45, 2.75) is 77.7 Å². The summed E-state index contributed by atoms with van der Waals surface area (Å²) in [5.74, 6) is 0.347. The van der Waals surface area contributed by atoms with Gasteiger partial charge in [-0.25, -0.2) is 0 Å². The van der Waals surface area contributed by atoms with Gasteiger partial charge >= 0.3 is 0 Å². The molecule has 0 unspecified atom stereocenters. The standard InChI is InChI=1S/C17H27NO/c1-2-3-4-5-6-7-8-12-18-13-15-10-9-11-17(19)16(15)14-18/h13-14H,2-12H2,1H3. The molecule has 1 aromatic rings. The Morgan fingerprint density at radius 1 is 1.00 bits per heavy atom. The predicted octanol–water partition coefficient (Wildman–Crippen LogP) is 4.76. The monoisotopic (exact) mass is 261 g/mol. The smallest absolute Gasteiger partial charge is 0.164 e. The molecule has 2 rings (SSSR count). The Kier molecular flexibility index (Phi) is 5.68. The van der Waals surface area contributed by atoms with Gasteiger partial charge in [0, 0.05) is 30.9 Å². The first-order valence-electron chi connectivity index (χ1n) is 8.03. The molecule has 0 N–H and O–H groups in total. The maximum absolute atomic E-state index is 11.8. The third kappa shape index (κ3) is 4.22. The Morgan fingerprint density at radius 2 is 1.74 bits per heavy atom. The fraction of sp³-hybridized carbons (Fsp3) is 0.706. The van der Waals surface area contributed by atoms with E-state index in [0.29, 0.717) is 5.78 Å². The quantitative estimate of drug-likeness (QED) is 0.618. The molecule has 2 nitrogen and oxygen atoms in total. The fourth-order valence-electron chi connectivity index (χ4n) is 2.96. The van der Waals surface area contributed by atoms with E-state index < -0.39 is 0 Å². The van der Waals surface area contributed by atoms with Crippen molar-refractivity contribution in [1.82, 2.24) is 4.57 Å². The normalized spacial score (nSPS) is 14.7. The van der Waals surface area contributed by atoms with E-state index in [4.69, 9.17) is 0 Å². The largest absolute Gasteiger partial charge is 0.353 e. The molecule has 0 aliphatic heterocycles. The lowest BCUT2D eigenvalue weighted by Gasteiger charge is -2.07. The zero-order chi connectivity index (χ0) is 13.5. The predicted molar refractivity (Wildman–Crippen MR) is 79.7 cm³/mol. The number of Topliss-reactive ketones (excluding diaryl/α,β-unsaturated/α-hetero) is 1. The number of carbonyl (C=O) groups is 1. The molecule has 0 radical (unpaired) electrons. The van der Waals surface area contributed by atoms with E-state index in [1.165, 1.54) is 50.5 Å². The van der Waals surface area contributed by atoms with Crippen LogP contribution in [-0.4, -0.2) is 10.4 Å². The van der Waals surface area contributed by atoms with Crippen LogP contribution in [0.5, 0.6) is 0 Å². The lowest BCUT2D eigenvalue weighted by Crippen LogP contribution is -2.07. The molecule has 1 aromatic heterocycles. The third-order valence-electron chi connectivity index (χ3n) is 4.13. The van der Waals surface area contributed by atoms with Crippen molar-refractivity contribution >= 4 is 5.78 Å². The number of aryl methyl sites for hydroxylation is 2. The van der Waals surface area contributed by atoms with Crippen LogP contribution in [0.3, 0.4) is 0 Å². The van der Waals surface area contributed by atoms with Gasteiger partial charge in [0.15, 0.2) is 5.78 Å². The van der Waals surface area contributed by atoms with E-state index in [-0.39, 0.29) is 0 Å². The van der Waals surface area contributed by atoms with Gasteiger partial charge in [0.05, 0.1) is 0 Å². The minimum atomic E-state index is 0.347. The van der Waals surface area contributed by atoms with Gasteiger partial charge in [-0.2, -0.15) is 0 Å². The molecule has 0 amide bonds. The average molecular weight is 261 g/mol. The minimum absolute atomic E-state index is 0.347. The molecule has 0 saturated carbocycles. The summed E-state index contributed by atoms with van der Waals surface area (Å²) in [6, 6.07) is 0. The molecule has 106 valence electrons. The molecule has 19 heavy (non-hydrogen) atoms. The first-order valence-corrected chi connectivity index (χ1v) is 8.03. The Labute approximate surface area is 117 Å². The molecular formula is C17H27NO. The minimum Gasteiger partial charge on any atom is -0.353 e. The summed E-state index contributed by atoms with van der Waals surface area (Å²) in [5.41, 5.74) is 2.27. The van der Waals surface area contributed by atoms with Crippen LogP contribution < -0.4 is 0 Å². The summed E-state index contributed by atoms with van der Waals surface area (Å²) in [5, 5.41) is 0. The molecule has 1 aliphatic rings. The zero-order valence-electron chi connectivity index (χ0n) is 12.3. The topological polar surface area (TPSA) is 22.0 Å². The van der Waals surface area contributed by atoms with Crippen LogP contribution in [0.15, 0.2) is 12.4 Å². The second kappa shape index (κ2) is 7.52. The highest BCUT2D eigenvalue weighted by Gasteiger charge is 2.18. The summed E-state index contributed by atoms with van der Waals surface area (Å²) in [6.45, 7) is 3.34. The second-order valence-corrected chi connectivity index (χ2v) is 5.83. The van der Waals surface area contributed by atoms with Gasteiger partial charge in [-0.05, 0) is 24.8 Å². The summed E-state index contributed by atoms with van der Waals surface area (Å²) in [7, 11) is 0. The van der Waals surface area contributed by atoms with Gasteiger partial charge < -0.3 is 4.57 Å². The number of unbranched alkanes of at least 4 members (excludes halogenated alkanes) is 6. The molecule has 0 spiro atoms. The van der Waals surface area contributed by atoms with Crippen molar-refractivity contribution in [2.24, 2.45) is 0 Å². The van der Waals surface area contributed by atoms with Gasteiger partial charge in [0.25, 0.3) is 0 Å². The number of nitrogens with zero attached hydrogens (tertiary/aromatic N) is 1. The summed E-state index contributed by atoms with van der Waals surface area (Å²) in [6.07, 6.45) is 16.5. The van der Waals surface area contributed by atoms with E-state index in [0.717, 1.165) is 31.4 Å². The van der Waals surface area contributed by atoms with Gasteiger partial charge in [0.2, 0.25) is 0 Å². The van der Waals surface area contributed by atoms with E-state index >= 15 is 0 Å². The number of hydrogen-bond acceptors (Lipinski definition) is 1. The molecule has 2 heteroatoms. The van der Waals surface area contributed by atoms with Crippen molar-refractivity contribution in [3.63, 3.8) is 0 Å².